The quantitative estimate of drug-likeness (QED) is 0.185. The molecule has 0 aromatic rings. The third kappa shape index (κ3) is 8.49. The molecule has 1 fully saturated rings. The lowest BCUT2D eigenvalue weighted by Crippen LogP contribution is -2.45. The van der Waals surface area contributed by atoms with E-state index in [9.17, 15) is 4.79 Å². The van der Waals surface area contributed by atoms with Crippen LogP contribution in [0.25, 0.3) is 0 Å². The van der Waals surface area contributed by atoms with Crippen LogP contribution in [-0.2, 0) is 13.6 Å². The van der Waals surface area contributed by atoms with Gasteiger partial charge >= 0.3 is 0 Å². The topological polar surface area (TPSA) is 35.5 Å². The number of unbranched alkanes of at least 4 members (excludes halogenated alkanes) is 1. The van der Waals surface area contributed by atoms with Crippen molar-refractivity contribution in [3.05, 3.63) is 12.2 Å². The van der Waals surface area contributed by atoms with Gasteiger partial charge in [0.05, 0.1) is 12.0 Å². The summed E-state index contributed by atoms with van der Waals surface area (Å²) in [4.78, 5) is 12.6. The first-order valence-corrected chi connectivity index (χ1v) is 18.7. The van der Waals surface area contributed by atoms with Crippen molar-refractivity contribution in [2.24, 2.45) is 11.8 Å². The normalized spacial score (nSPS) is 22.2. The van der Waals surface area contributed by atoms with E-state index < -0.39 is 16.6 Å². The number of hydrogen-bond acceptors (Lipinski definition) is 3. The van der Waals surface area contributed by atoms with E-state index in [1.54, 1.807) is 0 Å². The van der Waals surface area contributed by atoms with Crippen LogP contribution in [0.4, 0.5) is 0 Å². The predicted molar refractivity (Wildman–Crippen MR) is 147 cm³/mol. The largest absolute Gasteiger partial charge is 0.412 e. The molecule has 1 aliphatic rings. The van der Waals surface area contributed by atoms with Gasteiger partial charge in [-0.05, 0) is 48.6 Å². The molecular formula is C28H52O3Si2. The Balaban J connectivity index is 3.20. The SMILES string of the molecule is C=C1C(=O)C[C@@H](O[Si](C)(C)C(C)(C)C)[C@@H]1C#C[C@H](C[C@@H](C)CCCC)O[Si](C)(C)C(C)(C)C. The van der Waals surface area contributed by atoms with Crippen molar-refractivity contribution in [2.75, 3.05) is 0 Å². The molecule has 0 unspecified atom stereocenters. The molecule has 1 rings (SSSR count). The van der Waals surface area contributed by atoms with Crippen LogP contribution in [0.3, 0.4) is 0 Å². The molecule has 190 valence electrons. The highest BCUT2D eigenvalue weighted by Crippen LogP contribution is 2.41. The van der Waals surface area contributed by atoms with Gasteiger partial charge in [-0.1, -0.05) is 93.1 Å². The van der Waals surface area contributed by atoms with Crippen LogP contribution < -0.4 is 0 Å². The number of carbonyl (C=O) groups is 1. The van der Waals surface area contributed by atoms with Crippen molar-refractivity contribution < 1.29 is 13.6 Å². The van der Waals surface area contributed by atoms with Crippen LogP contribution in [0, 0.1) is 23.7 Å². The second-order valence-electron chi connectivity index (χ2n) is 13.2. The summed E-state index contributed by atoms with van der Waals surface area (Å²) in [6, 6.07) is 0. The third-order valence-electron chi connectivity index (χ3n) is 8.05. The first-order chi connectivity index (χ1) is 14.8. The molecule has 0 radical (unpaired) electrons. The first-order valence-electron chi connectivity index (χ1n) is 12.9. The lowest BCUT2D eigenvalue weighted by Gasteiger charge is -2.39. The van der Waals surface area contributed by atoms with Gasteiger partial charge in [-0.2, -0.15) is 0 Å². The summed E-state index contributed by atoms with van der Waals surface area (Å²) in [6.45, 7) is 31.2. The minimum Gasteiger partial charge on any atom is -0.412 e. The first kappa shape index (κ1) is 30.4. The van der Waals surface area contributed by atoms with E-state index in [1.165, 1.54) is 19.3 Å². The molecule has 0 saturated heterocycles. The van der Waals surface area contributed by atoms with E-state index in [4.69, 9.17) is 8.85 Å². The second kappa shape index (κ2) is 11.4. The maximum absolute atomic E-state index is 12.6. The van der Waals surface area contributed by atoms with Crippen LogP contribution >= 0.6 is 0 Å². The Kier molecular flexibility index (Phi) is 10.5. The molecule has 0 spiro atoms. The van der Waals surface area contributed by atoms with E-state index >= 15 is 0 Å². The Morgan fingerprint density at radius 2 is 1.61 bits per heavy atom. The molecule has 1 saturated carbocycles. The molecule has 0 aliphatic heterocycles. The Morgan fingerprint density at radius 1 is 1.06 bits per heavy atom. The van der Waals surface area contributed by atoms with Crippen LogP contribution in [0.5, 0.6) is 0 Å². The standard InChI is InChI=1S/C28H52O3Si2/c1-14-15-16-21(2)19-23(30-32(10,11)27(4,5)6)17-18-24-22(3)25(29)20-26(24)31-33(12,13)28(7,8)9/h21,23-24,26H,3,14-16,19-20H2,1-2,4-13H3/t21-,23+,24+,26+/m0/s1. The Morgan fingerprint density at radius 3 is 2.09 bits per heavy atom. The van der Waals surface area contributed by atoms with Crippen molar-refractivity contribution in [3.63, 3.8) is 0 Å². The highest BCUT2D eigenvalue weighted by atomic mass is 28.4. The zero-order chi connectivity index (χ0) is 25.8. The van der Waals surface area contributed by atoms with Crippen LogP contribution in [0.1, 0.15) is 87.5 Å². The van der Waals surface area contributed by atoms with Crippen molar-refractivity contribution in [2.45, 2.75) is 136 Å². The summed E-state index contributed by atoms with van der Waals surface area (Å²) >= 11 is 0. The summed E-state index contributed by atoms with van der Waals surface area (Å²) in [7, 11) is -3.99. The van der Waals surface area contributed by atoms with E-state index in [-0.39, 0.29) is 34.0 Å². The van der Waals surface area contributed by atoms with Gasteiger partial charge in [0.2, 0.25) is 0 Å². The zero-order valence-electron chi connectivity index (χ0n) is 23.8. The third-order valence-corrected chi connectivity index (χ3v) is 17.0. The minimum absolute atomic E-state index is 0.0840. The highest BCUT2D eigenvalue weighted by Gasteiger charge is 2.45. The fourth-order valence-electron chi connectivity index (χ4n) is 3.56. The monoisotopic (exact) mass is 492 g/mol. The molecule has 0 aromatic carbocycles. The number of rotatable bonds is 9. The summed E-state index contributed by atoms with van der Waals surface area (Å²) in [5.74, 6) is 7.35. The molecule has 5 heteroatoms. The van der Waals surface area contributed by atoms with Gasteiger partial charge < -0.3 is 8.85 Å². The average molecular weight is 493 g/mol. The van der Waals surface area contributed by atoms with E-state index in [1.807, 2.05) is 0 Å². The van der Waals surface area contributed by atoms with Gasteiger partial charge in [0.1, 0.15) is 6.10 Å². The predicted octanol–water partition coefficient (Wildman–Crippen LogP) is 8.13. The summed E-state index contributed by atoms with van der Waals surface area (Å²) < 4.78 is 13.4. The lowest BCUT2D eigenvalue weighted by atomic mass is 9.96. The fourth-order valence-corrected chi connectivity index (χ4v) is 6.11. The smallest absolute Gasteiger partial charge is 0.193 e. The summed E-state index contributed by atoms with van der Waals surface area (Å²) in [5, 5.41) is 0.209. The molecule has 3 nitrogen and oxygen atoms in total. The van der Waals surface area contributed by atoms with E-state index in [0.717, 1.165) is 6.42 Å². The lowest BCUT2D eigenvalue weighted by molar-refractivity contribution is -0.115. The van der Waals surface area contributed by atoms with Crippen LogP contribution in [0.15, 0.2) is 12.2 Å². The van der Waals surface area contributed by atoms with Gasteiger partial charge in [0.25, 0.3) is 0 Å². The Bertz CT molecular complexity index is 744. The number of ketones is 1. The maximum atomic E-state index is 12.6. The van der Waals surface area contributed by atoms with Crippen molar-refractivity contribution >= 4 is 22.4 Å². The number of hydrogen-bond donors (Lipinski definition) is 0. The maximum Gasteiger partial charge on any atom is 0.193 e. The van der Waals surface area contributed by atoms with Gasteiger partial charge in [-0.15, -0.1) is 0 Å². The van der Waals surface area contributed by atoms with Crippen molar-refractivity contribution in [1.29, 1.82) is 0 Å². The second-order valence-corrected chi connectivity index (χ2v) is 22.7. The average Bonchev–Trinajstić information content (AvgIpc) is 2.88. The Hall–Kier alpha value is -0.676. The van der Waals surface area contributed by atoms with Gasteiger partial charge in [0, 0.05) is 12.0 Å². The van der Waals surface area contributed by atoms with E-state index in [0.29, 0.717) is 17.9 Å². The molecule has 1 aliphatic carbocycles. The van der Waals surface area contributed by atoms with Crippen molar-refractivity contribution in [1.82, 2.24) is 0 Å². The molecule has 0 heterocycles. The molecule has 0 amide bonds. The van der Waals surface area contributed by atoms with Gasteiger partial charge in [-0.3, -0.25) is 4.79 Å². The Labute approximate surface area is 207 Å². The highest BCUT2D eigenvalue weighted by molar-refractivity contribution is 6.74. The molecule has 0 aromatic heterocycles. The number of Topliss-reactive ketones (excluding diaryl/α,β-unsaturated/α-hetero) is 1. The molecule has 33 heavy (non-hydrogen) atoms. The van der Waals surface area contributed by atoms with Crippen LogP contribution in [-0.4, -0.2) is 34.6 Å². The molecule has 0 N–H and O–H groups in total. The minimum atomic E-state index is -2.02. The fraction of sp³-hybridized carbons (Fsp3) is 0.821. The molecule has 4 atom stereocenters. The van der Waals surface area contributed by atoms with Crippen molar-refractivity contribution in [3.8, 4) is 11.8 Å². The molecule has 0 bridgehead atoms. The molecular weight excluding hydrogens is 440 g/mol. The van der Waals surface area contributed by atoms with E-state index in [2.05, 4.69) is 100.0 Å². The van der Waals surface area contributed by atoms with Gasteiger partial charge in [-0.25, -0.2) is 0 Å². The number of carbonyl (C=O) groups excluding carboxylic acids is 1. The van der Waals surface area contributed by atoms with Gasteiger partial charge in [0.15, 0.2) is 22.4 Å². The van der Waals surface area contributed by atoms with Crippen LogP contribution in [0.2, 0.25) is 36.3 Å². The summed E-state index contributed by atoms with van der Waals surface area (Å²) in [6.07, 6.45) is 4.66. The summed E-state index contributed by atoms with van der Waals surface area (Å²) in [5.41, 5.74) is 0.608. The zero-order valence-corrected chi connectivity index (χ0v) is 25.8.